The molecule has 0 unspecified atom stereocenters. The normalized spacial score (nSPS) is 34.9. The Morgan fingerprint density at radius 2 is 1.97 bits per heavy atom. The summed E-state index contributed by atoms with van der Waals surface area (Å²) in [4.78, 5) is 43.5. The first-order valence-electron chi connectivity index (χ1n) is 11.5. The summed E-state index contributed by atoms with van der Waals surface area (Å²) in [7, 11) is 0. The van der Waals surface area contributed by atoms with Gasteiger partial charge in [0, 0.05) is 48.3 Å². The fourth-order valence-corrected chi connectivity index (χ4v) is 7.19. The summed E-state index contributed by atoms with van der Waals surface area (Å²) in [6.07, 6.45) is -0.237. The number of piperazine rings is 1. The number of carbonyl (C=O) groups is 3. The standard InChI is InChI=1S/C22H33N5O5S/c1-10-9-25(5-6-26(10)13(4)23)20(29)15-7-14(8-24-15)33-19-11(2)17-16(12(3)28)21(30)27(17)18(19)22(31)32/h10-12,14-17,23-24,28H,5-9H2,1-4H3,(H,31,32)/t10-,11+,12+,14-,15-,16+,17+/m0/s1. The number of amidine groups is 1. The summed E-state index contributed by atoms with van der Waals surface area (Å²) in [5, 5.41) is 31.0. The lowest BCUT2D eigenvalue weighted by atomic mass is 9.79. The van der Waals surface area contributed by atoms with E-state index in [2.05, 4.69) is 5.32 Å². The molecule has 11 heteroatoms. The molecule has 2 amide bonds. The number of aliphatic hydroxyl groups is 1. The predicted molar refractivity (Wildman–Crippen MR) is 124 cm³/mol. The van der Waals surface area contributed by atoms with Gasteiger partial charge in [-0.1, -0.05) is 6.92 Å². The van der Waals surface area contributed by atoms with Crippen LogP contribution >= 0.6 is 11.8 Å². The van der Waals surface area contributed by atoms with Crippen molar-refractivity contribution in [3.63, 3.8) is 0 Å². The maximum atomic E-state index is 13.1. The lowest BCUT2D eigenvalue weighted by Gasteiger charge is -2.46. The smallest absolute Gasteiger partial charge is 0.353 e. The summed E-state index contributed by atoms with van der Waals surface area (Å²) in [6, 6.07) is -0.553. The van der Waals surface area contributed by atoms with Crippen molar-refractivity contribution < 1.29 is 24.6 Å². The summed E-state index contributed by atoms with van der Waals surface area (Å²) < 4.78 is 0. The van der Waals surface area contributed by atoms with E-state index in [0.717, 1.165) is 0 Å². The number of hydrogen-bond donors (Lipinski definition) is 4. The highest BCUT2D eigenvalue weighted by atomic mass is 32.2. The summed E-state index contributed by atoms with van der Waals surface area (Å²) in [5.74, 6) is -1.65. The Labute approximate surface area is 197 Å². The number of rotatable bonds is 5. The minimum atomic E-state index is -1.13. The van der Waals surface area contributed by atoms with Gasteiger partial charge in [0.25, 0.3) is 0 Å². The first-order chi connectivity index (χ1) is 15.5. The van der Waals surface area contributed by atoms with Gasteiger partial charge in [0.05, 0.1) is 29.9 Å². The SMILES string of the molecule is CC(=N)N1CCN(C(=O)[C@@H]2C[C@H](SC3=C(C(=O)O)N4C(=O)[C@H]([C@@H](C)O)[C@H]4[C@H]3C)CN2)C[C@@H]1C. The number of nitrogens with zero attached hydrogens (tertiary/aromatic N) is 3. The molecule has 0 aromatic carbocycles. The van der Waals surface area contributed by atoms with Crippen LogP contribution in [0.5, 0.6) is 0 Å². The fraction of sp³-hybridized carbons (Fsp3) is 0.727. The highest BCUT2D eigenvalue weighted by Crippen LogP contribution is 2.51. The molecule has 0 radical (unpaired) electrons. The molecule has 4 aliphatic heterocycles. The molecular weight excluding hydrogens is 446 g/mol. The van der Waals surface area contributed by atoms with Gasteiger partial charge < -0.3 is 30.2 Å². The maximum Gasteiger partial charge on any atom is 0.353 e. The Hall–Kier alpha value is -2.11. The van der Waals surface area contributed by atoms with Crippen LogP contribution in [0.4, 0.5) is 0 Å². The van der Waals surface area contributed by atoms with Crippen molar-refractivity contribution in [1.29, 1.82) is 5.41 Å². The number of amides is 2. The van der Waals surface area contributed by atoms with Crippen molar-refractivity contribution in [2.45, 2.75) is 63.6 Å². The number of aliphatic hydroxyl groups excluding tert-OH is 1. The number of fused-ring (bicyclic) bond motifs is 1. The molecule has 0 saturated carbocycles. The van der Waals surface area contributed by atoms with Crippen LogP contribution in [0.3, 0.4) is 0 Å². The minimum absolute atomic E-state index is 0.0204. The number of carboxylic acids is 1. The molecule has 3 fully saturated rings. The van der Waals surface area contributed by atoms with Gasteiger partial charge in [-0.2, -0.15) is 0 Å². The van der Waals surface area contributed by atoms with Crippen LogP contribution in [0.2, 0.25) is 0 Å². The van der Waals surface area contributed by atoms with Gasteiger partial charge in [-0.25, -0.2) is 4.79 Å². The second-order valence-corrected chi connectivity index (χ2v) is 11.0. The Morgan fingerprint density at radius 3 is 2.55 bits per heavy atom. The predicted octanol–water partition coefficient (Wildman–Crippen LogP) is 0.134. The van der Waals surface area contributed by atoms with Gasteiger partial charge >= 0.3 is 5.97 Å². The second kappa shape index (κ2) is 8.92. The zero-order valence-electron chi connectivity index (χ0n) is 19.4. The van der Waals surface area contributed by atoms with Gasteiger partial charge in [0.2, 0.25) is 11.8 Å². The highest BCUT2D eigenvalue weighted by molar-refractivity contribution is 8.03. The van der Waals surface area contributed by atoms with E-state index < -0.39 is 18.0 Å². The first-order valence-corrected chi connectivity index (χ1v) is 12.4. The van der Waals surface area contributed by atoms with E-state index in [1.165, 1.54) is 16.7 Å². The van der Waals surface area contributed by atoms with Crippen LogP contribution < -0.4 is 5.32 Å². The van der Waals surface area contributed by atoms with Crippen LogP contribution in [0.1, 0.15) is 34.1 Å². The molecule has 33 heavy (non-hydrogen) atoms. The summed E-state index contributed by atoms with van der Waals surface area (Å²) in [5.41, 5.74) is 0.0288. The van der Waals surface area contributed by atoms with E-state index in [1.807, 2.05) is 23.6 Å². The van der Waals surface area contributed by atoms with E-state index in [-0.39, 0.29) is 46.8 Å². The lowest BCUT2D eigenvalue weighted by Crippen LogP contribution is -2.63. The molecule has 4 heterocycles. The third-order valence-corrected chi connectivity index (χ3v) is 8.87. The molecule has 0 aromatic rings. The Bertz CT molecular complexity index is 908. The highest BCUT2D eigenvalue weighted by Gasteiger charge is 2.60. The Kier molecular flexibility index (Phi) is 6.49. The third kappa shape index (κ3) is 4.04. The molecule has 4 N–H and O–H groups in total. The number of nitrogens with one attached hydrogen (secondary N) is 2. The molecule has 0 spiro atoms. The van der Waals surface area contributed by atoms with Crippen molar-refractivity contribution in [3.05, 3.63) is 10.6 Å². The molecule has 0 aliphatic carbocycles. The quantitative estimate of drug-likeness (QED) is 0.248. The third-order valence-electron chi connectivity index (χ3n) is 7.36. The van der Waals surface area contributed by atoms with E-state index >= 15 is 0 Å². The van der Waals surface area contributed by atoms with Crippen molar-refractivity contribution in [2.75, 3.05) is 26.2 Å². The number of β-lactam (4-membered cyclic amide) rings is 1. The number of carbonyl (C=O) groups excluding carboxylic acids is 2. The molecular formula is C22H33N5O5S. The summed E-state index contributed by atoms with van der Waals surface area (Å²) >= 11 is 1.45. The van der Waals surface area contributed by atoms with Crippen LogP contribution in [0.25, 0.3) is 0 Å². The van der Waals surface area contributed by atoms with Gasteiger partial charge in [0.1, 0.15) is 5.70 Å². The molecule has 4 aliphatic rings. The molecule has 0 aromatic heterocycles. The average Bonchev–Trinajstić information content (AvgIpc) is 3.29. The zero-order valence-corrected chi connectivity index (χ0v) is 20.3. The molecule has 10 nitrogen and oxygen atoms in total. The molecule has 182 valence electrons. The summed E-state index contributed by atoms with van der Waals surface area (Å²) in [6.45, 7) is 9.65. The topological polar surface area (TPSA) is 137 Å². The van der Waals surface area contributed by atoms with Crippen LogP contribution in [-0.2, 0) is 14.4 Å². The monoisotopic (exact) mass is 479 g/mol. The number of aliphatic carboxylic acids is 1. The number of thioether (sulfide) groups is 1. The molecule has 4 rings (SSSR count). The van der Waals surface area contributed by atoms with Crippen LogP contribution in [-0.4, -0.2) is 104 Å². The fourth-order valence-electron chi connectivity index (χ4n) is 5.72. The number of hydrogen-bond acceptors (Lipinski definition) is 7. The Balaban J connectivity index is 1.41. The van der Waals surface area contributed by atoms with Gasteiger partial charge in [-0.3, -0.25) is 15.0 Å². The largest absolute Gasteiger partial charge is 0.477 e. The maximum absolute atomic E-state index is 13.1. The van der Waals surface area contributed by atoms with E-state index in [9.17, 15) is 24.6 Å². The van der Waals surface area contributed by atoms with E-state index in [4.69, 9.17) is 5.41 Å². The Morgan fingerprint density at radius 1 is 1.27 bits per heavy atom. The van der Waals surface area contributed by atoms with Crippen molar-refractivity contribution in [3.8, 4) is 0 Å². The molecule has 7 atom stereocenters. The minimum Gasteiger partial charge on any atom is -0.477 e. The van der Waals surface area contributed by atoms with Gasteiger partial charge in [-0.05, 0) is 27.2 Å². The van der Waals surface area contributed by atoms with Crippen LogP contribution in [0, 0.1) is 17.2 Å². The van der Waals surface area contributed by atoms with Gasteiger partial charge in [0.15, 0.2) is 0 Å². The second-order valence-electron chi connectivity index (χ2n) is 9.62. The number of carboxylic acid groups (broad SMARTS) is 1. The first kappa shape index (κ1) is 24.0. The van der Waals surface area contributed by atoms with Crippen molar-refractivity contribution in [1.82, 2.24) is 20.0 Å². The molecule has 0 bridgehead atoms. The average molecular weight is 480 g/mol. The molecule has 3 saturated heterocycles. The zero-order chi connectivity index (χ0) is 24.2. The van der Waals surface area contributed by atoms with Crippen LogP contribution in [0.15, 0.2) is 10.6 Å². The van der Waals surface area contributed by atoms with E-state index in [0.29, 0.717) is 43.3 Å². The van der Waals surface area contributed by atoms with Crippen molar-refractivity contribution >= 4 is 35.4 Å². The van der Waals surface area contributed by atoms with Crippen molar-refractivity contribution in [2.24, 2.45) is 11.8 Å². The lowest BCUT2D eigenvalue weighted by molar-refractivity contribution is -0.163. The van der Waals surface area contributed by atoms with Gasteiger partial charge in [-0.15, -0.1) is 11.8 Å². The van der Waals surface area contributed by atoms with E-state index in [1.54, 1.807) is 13.8 Å².